The standard InChI is InChI=1S/C23H30O4Si/c1-5-26-22(25)18-19(16-17-24)27-28(23(2,3)4,20-12-8-6-9-13-20)21-14-10-7-11-15-21/h6-15,17,19H,5,16,18H2,1-4H3/t19-/m1/s1. The Kier molecular flexibility index (Phi) is 7.72. The molecule has 0 fully saturated rings. The Morgan fingerprint density at radius 2 is 1.50 bits per heavy atom. The minimum Gasteiger partial charge on any atom is -0.466 e. The van der Waals surface area contributed by atoms with Gasteiger partial charge in [-0.3, -0.25) is 4.79 Å². The van der Waals surface area contributed by atoms with E-state index in [0.29, 0.717) is 6.61 Å². The lowest BCUT2D eigenvalue weighted by molar-refractivity contribution is -0.145. The molecular formula is C23H30O4Si. The molecule has 0 saturated carbocycles. The molecule has 0 amide bonds. The molecule has 0 heterocycles. The Labute approximate surface area is 169 Å². The Morgan fingerprint density at radius 1 is 1.00 bits per heavy atom. The van der Waals surface area contributed by atoms with Crippen LogP contribution in [-0.2, 0) is 18.8 Å². The molecule has 0 saturated heterocycles. The van der Waals surface area contributed by atoms with E-state index in [1.165, 1.54) is 0 Å². The fourth-order valence-corrected chi connectivity index (χ4v) is 8.32. The van der Waals surface area contributed by atoms with E-state index < -0.39 is 14.4 Å². The maximum absolute atomic E-state index is 12.1. The molecule has 150 valence electrons. The third-order valence-corrected chi connectivity index (χ3v) is 9.91. The first-order valence-electron chi connectivity index (χ1n) is 9.73. The predicted octanol–water partition coefficient (Wildman–Crippen LogP) is 3.47. The molecule has 28 heavy (non-hydrogen) atoms. The lowest BCUT2D eigenvalue weighted by Gasteiger charge is -2.45. The number of carbonyl (C=O) groups excluding carboxylic acids is 2. The van der Waals surface area contributed by atoms with E-state index >= 15 is 0 Å². The summed E-state index contributed by atoms with van der Waals surface area (Å²) in [7, 11) is -2.81. The average Bonchev–Trinajstić information content (AvgIpc) is 2.66. The summed E-state index contributed by atoms with van der Waals surface area (Å²) < 4.78 is 11.9. The first kappa shape index (κ1) is 22.1. The largest absolute Gasteiger partial charge is 0.466 e. The van der Waals surface area contributed by atoms with Gasteiger partial charge in [0.25, 0.3) is 8.32 Å². The Hall–Kier alpha value is -2.24. The van der Waals surface area contributed by atoms with Gasteiger partial charge in [-0.15, -0.1) is 0 Å². The van der Waals surface area contributed by atoms with Crippen LogP contribution in [0, 0.1) is 0 Å². The van der Waals surface area contributed by atoms with Crippen LogP contribution in [0.2, 0.25) is 5.04 Å². The zero-order valence-corrected chi connectivity index (χ0v) is 18.2. The van der Waals surface area contributed by atoms with E-state index in [-0.39, 0.29) is 23.8 Å². The molecule has 0 bridgehead atoms. The molecule has 2 aromatic carbocycles. The number of carbonyl (C=O) groups is 2. The quantitative estimate of drug-likeness (QED) is 0.369. The van der Waals surface area contributed by atoms with Crippen molar-refractivity contribution in [1.29, 1.82) is 0 Å². The van der Waals surface area contributed by atoms with Gasteiger partial charge < -0.3 is 14.0 Å². The molecular weight excluding hydrogens is 368 g/mol. The fourth-order valence-electron chi connectivity index (χ4n) is 3.63. The molecule has 0 radical (unpaired) electrons. The number of hydrogen-bond donors (Lipinski definition) is 0. The molecule has 4 nitrogen and oxygen atoms in total. The zero-order chi connectivity index (χ0) is 20.6. The van der Waals surface area contributed by atoms with Crippen LogP contribution in [0.5, 0.6) is 0 Å². The van der Waals surface area contributed by atoms with Crippen molar-refractivity contribution in [3.8, 4) is 0 Å². The smallest absolute Gasteiger partial charge is 0.308 e. The van der Waals surface area contributed by atoms with Crippen LogP contribution in [-0.4, -0.2) is 33.3 Å². The second-order valence-corrected chi connectivity index (χ2v) is 12.1. The molecule has 5 heteroatoms. The molecule has 0 aliphatic rings. The summed E-state index contributed by atoms with van der Waals surface area (Å²) in [5.74, 6) is -0.340. The van der Waals surface area contributed by atoms with Crippen molar-refractivity contribution in [2.24, 2.45) is 0 Å². The van der Waals surface area contributed by atoms with E-state index in [0.717, 1.165) is 16.7 Å². The van der Waals surface area contributed by atoms with Gasteiger partial charge in [0.2, 0.25) is 0 Å². The zero-order valence-electron chi connectivity index (χ0n) is 17.2. The van der Waals surface area contributed by atoms with Gasteiger partial charge in [0.1, 0.15) is 6.29 Å². The van der Waals surface area contributed by atoms with Crippen LogP contribution < -0.4 is 10.4 Å². The maximum atomic E-state index is 12.1. The SMILES string of the molecule is CCOC(=O)C[C@@H](CC=O)O[Si](c1ccccc1)(c1ccccc1)C(C)(C)C. The van der Waals surface area contributed by atoms with Gasteiger partial charge in [0, 0.05) is 6.42 Å². The summed E-state index contributed by atoms with van der Waals surface area (Å²) in [6.45, 7) is 8.59. The van der Waals surface area contributed by atoms with Gasteiger partial charge in [-0.05, 0) is 22.3 Å². The predicted molar refractivity (Wildman–Crippen MR) is 114 cm³/mol. The van der Waals surface area contributed by atoms with Crippen molar-refractivity contribution in [2.75, 3.05) is 6.61 Å². The monoisotopic (exact) mass is 398 g/mol. The Morgan fingerprint density at radius 3 is 1.89 bits per heavy atom. The topological polar surface area (TPSA) is 52.6 Å². The minimum absolute atomic E-state index is 0.0665. The number of esters is 1. The second kappa shape index (κ2) is 9.80. The summed E-state index contributed by atoms with van der Waals surface area (Å²) in [5.41, 5.74) is 0. The number of aldehydes is 1. The first-order valence-corrected chi connectivity index (χ1v) is 11.6. The molecule has 2 aromatic rings. The molecule has 0 aliphatic carbocycles. The number of rotatable bonds is 9. The maximum Gasteiger partial charge on any atom is 0.308 e. The van der Waals surface area contributed by atoms with Crippen molar-refractivity contribution in [2.45, 2.75) is 51.7 Å². The Balaban J connectivity index is 2.59. The molecule has 0 N–H and O–H groups in total. The van der Waals surface area contributed by atoms with E-state index in [9.17, 15) is 9.59 Å². The summed E-state index contributed by atoms with van der Waals surface area (Å²) in [6, 6.07) is 20.4. The van der Waals surface area contributed by atoms with Crippen LogP contribution in [0.15, 0.2) is 60.7 Å². The third-order valence-electron chi connectivity index (χ3n) is 4.82. The van der Waals surface area contributed by atoms with Gasteiger partial charge in [-0.2, -0.15) is 0 Å². The highest BCUT2D eigenvalue weighted by Gasteiger charge is 2.51. The minimum atomic E-state index is -2.81. The van der Waals surface area contributed by atoms with E-state index in [1.54, 1.807) is 6.92 Å². The molecule has 1 atom stereocenters. The number of ether oxygens (including phenoxy) is 1. The molecule has 0 aliphatic heterocycles. The highest BCUT2D eigenvalue weighted by molar-refractivity contribution is 6.99. The van der Waals surface area contributed by atoms with Crippen LogP contribution >= 0.6 is 0 Å². The normalized spacial score (nSPS) is 13.0. The summed E-state index contributed by atoms with van der Waals surface area (Å²) >= 11 is 0. The van der Waals surface area contributed by atoms with Gasteiger partial charge in [-0.25, -0.2) is 0 Å². The molecule has 0 unspecified atom stereocenters. The van der Waals surface area contributed by atoms with Crippen LogP contribution in [0.25, 0.3) is 0 Å². The number of hydrogen-bond acceptors (Lipinski definition) is 4. The lowest BCUT2D eigenvalue weighted by Crippen LogP contribution is -2.67. The average molecular weight is 399 g/mol. The second-order valence-electron chi connectivity index (χ2n) is 7.81. The van der Waals surface area contributed by atoms with Gasteiger partial charge in [0.05, 0.1) is 19.1 Å². The highest BCUT2D eigenvalue weighted by Crippen LogP contribution is 2.38. The van der Waals surface area contributed by atoms with Gasteiger partial charge >= 0.3 is 5.97 Å². The highest BCUT2D eigenvalue weighted by atomic mass is 28.4. The van der Waals surface area contributed by atoms with Crippen LogP contribution in [0.3, 0.4) is 0 Å². The molecule has 2 rings (SSSR count). The van der Waals surface area contributed by atoms with Gasteiger partial charge in [0.15, 0.2) is 0 Å². The lowest BCUT2D eigenvalue weighted by atomic mass is 10.2. The van der Waals surface area contributed by atoms with Crippen molar-refractivity contribution in [1.82, 2.24) is 0 Å². The van der Waals surface area contributed by atoms with Crippen LogP contribution in [0.1, 0.15) is 40.5 Å². The van der Waals surface area contributed by atoms with Crippen molar-refractivity contribution >= 4 is 30.9 Å². The number of benzene rings is 2. The first-order chi connectivity index (χ1) is 13.3. The Bertz CT molecular complexity index is 714. The van der Waals surface area contributed by atoms with E-state index in [1.807, 2.05) is 36.4 Å². The summed E-state index contributed by atoms with van der Waals surface area (Å²) in [5, 5.41) is 2.02. The summed E-state index contributed by atoms with van der Waals surface area (Å²) in [6.07, 6.45) is 0.519. The van der Waals surface area contributed by atoms with E-state index in [2.05, 4.69) is 45.0 Å². The van der Waals surface area contributed by atoms with Crippen molar-refractivity contribution in [3.63, 3.8) is 0 Å². The van der Waals surface area contributed by atoms with Crippen molar-refractivity contribution < 1.29 is 18.8 Å². The van der Waals surface area contributed by atoms with Crippen molar-refractivity contribution in [3.05, 3.63) is 60.7 Å². The summed E-state index contributed by atoms with van der Waals surface area (Å²) in [4.78, 5) is 23.5. The van der Waals surface area contributed by atoms with E-state index in [4.69, 9.17) is 9.16 Å². The van der Waals surface area contributed by atoms with Gasteiger partial charge in [-0.1, -0.05) is 81.4 Å². The molecule has 0 spiro atoms. The molecule has 0 aromatic heterocycles. The fraction of sp³-hybridized carbons (Fsp3) is 0.391. The third kappa shape index (κ3) is 4.97. The van der Waals surface area contributed by atoms with Crippen LogP contribution in [0.4, 0.5) is 0 Å².